The van der Waals surface area contributed by atoms with Gasteiger partial charge in [-0.25, -0.2) is 9.79 Å². The number of aliphatic imine (C=N–C) groups is 1. The molecule has 1 amide bonds. The van der Waals surface area contributed by atoms with Crippen molar-refractivity contribution in [3.63, 3.8) is 0 Å². The first-order chi connectivity index (χ1) is 17.0. The molecule has 0 spiro atoms. The number of thioether (sulfide) groups is 1. The highest BCUT2D eigenvalue weighted by Gasteiger charge is 2.24. The molecule has 3 aromatic carbocycles. The van der Waals surface area contributed by atoms with Gasteiger partial charge in [0, 0.05) is 0 Å². The van der Waals surface area contributed by atoms with Crippen LogP contribution in [0.1, 0.15) is 15.9 Å². The quantitative estimate of drug-likeness (QED) is 0.288. The zero-order valence-electron chi connectivity index (χ0n) is 19.2. The van der Waals surface area contributed by atoms with Crippen LogP contribution in [0.3, 0.4) is 0 Å². The van der Waals surface area contributed by atoms with Crippen LogP contribution in [0.5, 0.6) is 23.0 Å². The fraction of sp³-hybridized carbons (Fsp3) is 0.115. The summed E-state index contributed by atoms with van der Waals surface area (Å²) >= 11 is 1.24. The monoisotopic (exact) mass is 490 g/mol. The Morgan fingerprint density at radius 3 is 2.26 bits per heavy atom. The zero-order chi connectivity index (χ0) is 24.8. The first-order valence-electron chi connectivity index (χ1n) is 10.5. The molecule has 4 rings (SSSR count). The van der Waals surface area contributed by atoms with Gasteiger partial charge in [0.25, 0.3) is 5.91 Å². The summed E-state index contributed by atoms with van der Waals surface area (Å²) in [7, 11) is 4.48. The number of nitrogens with zero attached hydrogens (tertiary/aromatic N) is 1. The predicted molar refractivity (Wildman–Crippen MR) is 135 cm³/mol. The lowest BCUT2D eigenvalue weighted by Gasteiger charge is -2.12. The van der Waals surface area contributed by atoms with Crippen LogP contribution in [0, 0.1) is 0 Å². The van der Waals surface area contributed by atoms with Gasteiger partial charge in [-0.2, -0.15) is 0 Å². The molecule has 0 bridgehead atoms. The topological polar surface area (TPSA) is 95.5 Å². The molecular weight excluding hydrogens is 468 g/mol. The SMILES string of the molecule is COc1ccc(C(=O)Oc2ccc(C=C3SC(=Nc4ccccc4)NC3=O)cc2OC)cc1OC. The van der Waals surface area contributed by atoms with Gasteiger partial charge in [0.05, 0.1) is 37.5 Å². The molecule has 0 aliphatic carbocycles. The maximum atomic E-state index is 12.7. The number of esters is 1. The summed E-state index contributed by atoms with van der Waals surface area (Å²) in [5.41, 5.74) is 1.74. The molecule has 1 heterocycles. The van der Waals surface area contributed by atoms with Gasteiger partial charge in [0.1, 0.15) is 0 Å². The van der Waals surface area contributed by atoms with Crippen LogP contribution in [-0.2, 0) is 4.79 Å². The highest BCUT2D eigenvalue weighted by atomic mass is 32.2. The first-order valence-corrected chi connectivity index (χ1v) is 11.3. The molecule has 0 aromatic heterocycles. The lowest BCUT2D eigenvalue weighted by Crippen LogP contribution is -2.19. The van der Waals surface area contributed by atoms with Crippen molar-refractivity contribution < 1.29 is 28.5 Å². The highest BCUT2D eigenvalue weighted by Crippen LogP contribution is 2.33. The highest BCUT2D eigenvalue weighted by molar-refractivity contribution is 8.18. The van der Waals surface area contributed by atoms with Crippen molar-refractivity contribution in [3.05, 3.63) is 82.8 Å². The second-order valence-corrected chi connectivity index (χ2v) is 8.22. The summed E-state index contributed by atoms with van der Waals surface area (Å²) in [4.78, 5) is 30.0. The third-order valence-electron chi connectivity index (χ3n) is 4.95. The van der Waals surface area contributed by atoms with Gasteiger partial charge in [-0.3, -0.25) is 4.79 Å². The lowest BCUT2D eigenvalue weighted by atomic mass is 10.1. The Kier molecular flexibility index (Phi) is 7.37. The second-order valence-electron chi connectivity index (χ2n) is 7.19. The van der Waals surface area contributed by atoms with Crippen LogP contribution in [0.4, 0.5) is 5.69 Å². The van der Waals surface area contributed by atoms with Crippen molar-refractivity contribution in [2.75, 3.05) is 21.3 Å². The van der Waals surface area contributed by atoms with E-state index in [0.29, 0.717) is 38.4 Å². The van der Waals surface area contributed by atoms with E-state index in [0.717, 1.165) is 5.69 Å². The van der Waals surface area contributed by atoms with Crippen LogP contribution in [-0.4, -0.2) is 38.4 Å². The molecule has 8 nitrogen and oxygen atoms in total. The van der Waals surface area contributed by atoms with Crippen molar-refractivity contribution >= 4 is 40.6 Å². The van der Waals surface area contributed by atoms with Gasteiger partial charge in [-0.15, -0.1) is 0 Å². The number of benzene rings is 3. The van der Waals surface area contributed by atoms with E-state index in [1.54, 1.807) is 36.4 Å². The number of nitrogens with one attached hydrogen (secondary N) is 1. The Morgan fingerprint density at radius 2 is 1.54 bits per heavy atom. The molecule has 1 fully saturated rings. The number of hydrogen-bond acceptors (Lipinski definition) is 8. The van der Waals surface area contributed by atoms with E-state index < -0.39 is 5.97 Å². The maximum Gasteiger partial charge on any atom is 0.343 e. The van der Waals surface area contributed by atoms with Gasteiger partial charge >= 0.3 is 5.97 Å². The van der Waals surface area contributed by atoms with Crippen LogP contribution < -0.4 is 24.3 Å². The number of methoxy groups -OCH3 is 3. The molecular formula is C26H22N2O6S. The minimum absolute atomic E-state index is 0.240. The smallest absolute Gasteiger partial charge is 0.343 e. The van der Waals surface area contributed by atoms with E-state index in [-0.39, 0.29) is 11.7 Å². The van der Waals surface area contributed by atoms with E-state index >= 15 is 0 Å². The Morgan fingerprint density at radius 1 is 0.857 bits per heavy atom. The first kappa shape index (κ1) is 23.9. The van der Waals surface area contributed by atoms with E-state index in [2.05, 4.69) is 10.3 Å². The minimum atomic E-state index is -0.581. The molecule has 3 aromatic rings. The molecule has 1 aliphatic rings. The summed E-state index contributed by atoms with van der Waals surface area (Å²) in [6, 6.07) is 19.1. The molecule has 0 radical (unpaired) electrons. The molecule has 178 valence electrons. The standard InChI is InChI=1S/C26H22N2O6S/c1-31-19-12-10-17(15-22(19)33-3)25(30)34-20-11-9-16(13-21(20)32-2)14-23-24(29)28-26(35-23)27-18-7-5-4-6-8-18/h4-15H,1-3H3,(H,27,28,29). The second kappa shape index (κ2) is 10.8. The summed E-state index contributed by atoms with van der Waals surface area (Å²) in [6.45, 7) is 0. The van der Waals surface area contributed by atoms with Crippen molar-refractivity contribution in [1.29, 1.82) is 0 Å². The molecule has 1 N–H and O–H groups in total. The summed E-state index contributed by atoms with van der Waals surface area (Å²) in [5.74, 6) is 0.678. The molecule has 0 unspecified atom stereocenters. The third-order valence-corrected chi connectivity index (χ3v) is 5.85. The van der Waals surface area contributed by atoms with Crippen molar-refractivity contribution in [2.24, 2.45) is 4.99 Å². The molecule has 1 aliphatic heterocycles. The number of carbonyl (C=O) groups excluding carboxylic acids is 2. The van der Waals surface area contributed by atoms with E-state index in [1.165, 1.54) is 39.2 Å². The molecule has 0 saturated carbocycles. The Bertz CT molecular complexity index is 1320. The summed E-state index contributed by atoms with van der Waals surface area (Å²) < 4.78 is 21.4. The van der Waals surface area contributed by atoms with Gasteiger partial charge in [0.15, 0.2) is 28.2 Å². The number of carbonyl (C=O) groups is 2. The van der Waals surface area contributed by atoms with E-state index in [4.69, 9.17) is 18.9 Å². The number of rotatable bonds is 7. The van der Waals surface area contributed by atoms with Gasteiger partial charge in [0.2, 0.25) is 0 Å². The number of para-hydroxylation sites is 1. The number of amidine groups is 1. The van der Waals surface area contributed by atoms with Gasteiger partial charge in [-0.05, 0) is 65.9 Å². The van der Waals surface area contributed by atoms with E-state index in [1.807, 2.05) is 30.3 Å². The average molecular weight is 491 g/mol. The largest absolute Gasteiger partial charge is 0.493 e. The Balaban J connectivity index is 1.52. The van der Waals surface area contributed by atoms with Gasteiger partial charge < -0.3 is 24.3 Å². The predicted octanol–water partition coefficient (Wildman–Crippen LogP) is 4.82. The van der Waals surface area contributed by atoms with Crippen LogP contribution in [0.15, 0.2) is 76.6 Å². The Labute approximate surface area is 206 Å². The van der Waals surface area contributed by atoms with Crippen molar-refractivity contribution in [2.45, 2.75) is 0 Å². The zero-order valence-corrected chi connectivity index (χ0v) is 20.0. The van der Waals surface area contributed by atoms with Crippen molar-refractivity contribution in [3.8, 4) is 23.0 Å². The summed E-state index contributed by atoms with van der Waals surface area (Å²) in [6.07, 6.45) is 1.72. The Hall–Kier alpha value is -4.24. The normalized spacial score (nSPS) is 15.1. The number of amides is 1. The maximum absolute atomic E-state index is 12.7. The van der Waals surface area contributed by atoms with Crippen LogP contribution in [0.2, 0.25) is 0 Å². The fourth-order valence-electron chi connectivity index (χ4n) is 3.23. The van der Waals surface area contributed by atoms with Crippen molar-refractivity contribution in [1.82, 2.24) is 5.32 Å². The molecule has 35 heavy (non-hydrogen) atoms. The average Bonchev–Trinajstić information content (AvgIpc) is 3.22. The number of hydrogen-bond donors (Lipinski definition) is 1. The fourth-order valence-corrected chi connectivity index (χ4v) is 4.07. The molecule has 9 heteroatoms. The van der Waals surface area contributed by atoms with Crippen LogP contribution in [0.25, 0.3) is 6.08 Å². The van der Waals surface area contributed by atoms with E-state index in [9.17, 15) is 9.59 Å². The minimum Gasteiger partial charge on any atom is -0.493 e. The van der Waals surface area contributed by atoms with Crippen LogP contribution >= 0.6 is 11.8 Å². The molecule has 0 atom stereocenters. The van der Waals surface area contributed by atoms with Gasteiger partial charge in [-0.1, -0.05) is 24.3 Å². The third kappa shape index (κ3) is 5.64. The molecule has 1 saturated heterocycles. The number of ether oxygens (including phenoxy) is 4. The lowest BCUT2D eigenvalue weighted by molar-refractivity contribution is -0.115. The summed E-state index contributed by atoms with van der Waals surface area (Å²) in [5, 5.41) is 3.26.